The second-order valence-corrected chi connectivity index (χ2v) is 3.60. The summed E-state index contributed by atoms with van der Waals surface area (Å²) in [4.78, 5) is 0. The van der Waals surface area contributed by atoms with Gasteiger partial charge in [0.2, 0.25) is 0 Å². The van der Waals surface area contributed by atoms with Crippen molar-refractivity contribution < 1.29 is 4.74 Å². The van der Waals surface area contributed by atoms with Crippen molar-refractivity contribution >= 4 is 0 Å². The van der Waals surface area contributed by atoms with Crippen LogP contribution in [-0.4, -0.2) is 19.2 Å². The summed E-state index contributed by atoms with van der Waals surface area (Å²) < 4.78 is 5.21. The summed E-state index contributed by atoms with van der Waals surface area (Å²) in [6, 6.07) is 0.495. The SMILES string of the molecule is C=COCC(CCCCCC)NCC. The monoisotopic (exact) mass is 199 g/mol. The Morgan fingerprint density at radius 1 is 1.29 bits per heavy atom. The Bertz CT molecular complexity index is 125. The molecule has 0 aromatic carbocycles. The standard InChI is InChI=1S/C12H25NO/c1-4-7-8-9-10-12(13-5-2)11-14-6-3/h6,12-13H,3-5,7-11H2,1-2H3. The van der Waals surface area contributed by atoms with Gasteiger partial charge in [0.25, 0.3) is 0 Å². The molecule has 0 heterocycles. The predicted molar refractivity (Wildman–Crippen MR) is 62.4 cm³/mol. The second kappa shape index (κ2) is 10.6. The first-order valence-corrected chi connectivity index (χ1v) is 5.81. The number of hydrogen-bond acceptors (Lipinski definition) is 2. The van der Waals surface area contributed by atoms with Gasteiger partial charge in [-0.15, -0.1) is 0 Å². The van der Waals surface area contributed by atoms with Gasteiger partial charge in [-0.05, 0) is 13.0 Å². The Morgan fingerprint density at radius 3 is 2.64 bits per heavy atom. The van der Waals surface area contributed by atoms with E-state index in [-0.39, 0.29) is 0 Å². The van der Waals surface area contributed by atoms with Crippen molar-refractivity contribution in [1.82, 2.24) is 5.32 Å². The Kier molecular flexibility index (Phi) is 10.2. The lowest BCUT2D eigenvalue weighted by molar-refractivity contribution is 0.204. The molecule has 0 radical (unpaired) electrons. The molecule has 0 rings (SSSR count). The van der Waals surface area contributed by atoms with Gasteiger partial charge in [-0.2, -0.15) is 0 Å². The number of ether oxygens (including phenoxy) is 1. The maximum atomic E-state index is 5.21. The van der Waals surface area contributed by atoms with Crippen molar-refractivity contribution in [2.45, 2.75) is 52.0 Å². The lowest BCUT2D eigenvalue weighted by Gasteiger charge is -2.16. The molecule has 2 nitrogen and oxygen atoms in total. The van der Waals surface area contributed by atoms with Crippen molar-refractivity contribution in [3.63, 3.8) is 0 Å². The molecule has 0 aliphatic heterocycles. The van der Waals surface area contributed by atoms with Crippen LogP contribution in [0.3, 0.4) is 0 Å². The van der Waals surface area contributed by atoms with Crippen LogP contribution in [0.25, 0.3) is 0 Å². The van der Waals surface area contributed by atoms with Gasteiger partial charge < -0.3 is 10.1 Å². The molecule has 0 amide bonds. The lowest BCUT2D eigenvalue weighted by Crippen LogP contribution is -2.32. The van der Waals surface area contributed by atoms with E-state index in [4.69, 9.17) is 4.74 Å². The molecule has 0 saturated heterocycles. The first kappa shape index (κ1) is 13.5. The van der Waals surface area contributed by atoms with E-state index in [1.165, 1.54) is 38.4 Å². The molecule has 2 heteroatoms. The topological polar surface area (TPSA) is 21.3 Å². The van der Waals surface area contributed by atoms with Crippen LogP contribution in [0, 0.1) is 0 Å². The zero-order chi connectivity index (χ0) is 10.6. The van der Waals surface area contributed by atoms with E-state index in [0.717, 1.165) is 13.2 Å². The molecule has 1 N–H and O–H groups in total. The lowest BCUT2D eigenvalue weighted by atomic mass is 10.1. The van der Waals surface area contributed by atoms with E-state index in [0.29, 0.717) is 6.04 Å². The first-order valence-electron chi connectivity index (χ1n) is 5.81. The third kappa shape index (κ3) is 8.11. The molecule has 0 fully saturated rings. The highest BCUT2D eigenvalue weighted by molar-refractivity contribution is 4.66. The number of unbranched alkanes of at least 4 members (excludes halogenated alkanes) is 3. The number of nitrogens with one attached hydrogen (secondary N) is 1. The van der Waals surface area contributed by atoms with E-state index in [2.05, 4.69) is 25.7 Å². The zero-order valence-corrected chi connectivity index (χ0v) is 9.72. The highest BCUT2D eigenvalue weighted by Gasteiger charge is 2.05. The minimum atomic E-state index is 0.495. The molecule has 1 atom stereocenters. The van der Waals surface area contributed by atoms with Crippen molar-refractivity contribution in [1.29, 1.82) is 0 Å². The molecule has 0 aromatic heterocycles. The fourth-order valence-corrected chi connectivity index (χ4v) is 1.53. The average molecular weight is 199 g/mol. The summed E-state index contributed by atoms with van der Waals surface area (Å²) in [5.74, 6) is 0. The van der Waals surface area contributed by atoms with Gasteiger partial charge in [-0.1, -0.05) is 46.1 Å². The van der Waals surface area contributed by atoms with Gasteiger partial charge in [-0.3, -0.25) is 0 Å². The molecule has 1 unspecified atom stereocenters. The average Bonchev–Trinajstić information content (AvgIpc) is 2.20. The molecule has 0 saturated carbocycles. The predicted octanol–water partition coefficient (Wildman–Crippen LogP) is 3.10. The molecule has 0 aromatic rings. The van der Waals surface area contributed by atoms with Crippen LogP contribution >= 0.6 is 0 Å². The Hall–Kier alpha value is -0.500. The van der Waals surface area contributed by atoms with E-state index in [9.17, 15) is 0 Å². The van der Waals surface area contributed by atoms with E-state index < -0.39 is 0 Å². The Morgan fingerprint density at radius 2 is 2.07 bits per heavy atom. The van der Waals surface area contributed by atoms with Gasteiger partial charge in [0.1, 0.15) is 6.61 Å². The summed E-state index contributed by atoms with van der Waals surface area (Å²) >= 11 is 0. The maximum absolute atomic E-state index is 5.21. The fraction of sp³-hybridized carbons (Fsp3) is 0.833. The molecule has 0 aliphatic carbocycles. The van der Waals surface area contributed by atoms with Crippen molar-refractivity contribution in [3.8, 4) is 0 Å². The summed E-state index contributed by atoms with van der Waals surface area (Å²) in [5, 5.41) is 3.42. The molecule has 84 valence electrons. The van der Waals surface area contributed by atoms with Gasteiger partial charge in [0, 0.05) is 6.04 Å². The van der Waals surface area contributed by atoms with Crippen LogP contribution < -0.4 is 5.32 Å². The minimum Gasteiger partial charge on any atom is -0.500 e. The first-order chi connectivity index (χ1) is 6.85. The van der Waals surface area contributed by atoms with Gasteiger partial charge in [0.05, 0.1) is 6.26 Å². The van der Waals surface area contributed by atoms with Crippen LogP contribution in [0.4, 0.5) is 0 Å². The van der Waals surface area contributed by atoms with Gasteiger partial charge >= 0.3 is 0 Å². The largest absolute Gasteiger partial charge is 0.500 e. The minimum absolute atomic E-state index is 0.495. The van der Waals surface area contributed by atoms with Gasteiger partial charge in [0.15, 0.2) is 0 Å². The summed E-state index contributed by atoms with van der Waals surface area (Å²) in [7, 11) is 0. The Labute approximate surface area is 88.7 Å². The molecular weight excluding hydrogens is 174 g/mol. The zero-order valence-electron chi connectivity index (χ0n) is 9.72. The Balaban J connectivity index is 3.45. The molecule has 0 bridgehead atoms. The van der Waals surface area contributed by atoms with E-state index in [1.807, 2.05) is 0 Å². The quantitative estimate of drug-likeness (QED) is 0.431. The van der Waals surface area contributed by atoms with Crippen molar-refractivity contribution in [2.24, 2.45) is 0 Å². The highest BCUT2D eigenvalue weighted by atomic mass is 16.5. The van der Waals surface area contributed by atoms with Crippen LogP contribution in [0.15, 0.2) is 12.8 Å². The third-order valence-corrected chi connectivity index (χ3v) is 2.31. The number of rotatable bonds is 10. The fourth-order valence-electron chi connectivity index (χ4n) is 1.53. The number of likely N-dealkylation sites (N-methyl/N-ethyl adjacent to an activating group) is 1. The second-order valence-electron chi connectivity index (χ2n) is 3.60. The highest BCUT2D eigenvalue weighted by Crippen LogP contribution is 2.06. The summed E-state index contributed by atoms with van der Waals surface area (Å²) in [5.41, 5.74) is 0. The van der Waals surface area contributed by atoms with Crippen LogP contribution in [0.2, 0.25) is 0 Å². The number of hydrogen-bond donors (Lipinski definition) is 1. The summed E-state index contributed by atoms with van der Waals surface area (Å²) in [6.07, 6.45) is 8.02. The van der Waals surface area contributed by atoms with Crippen LogP contribution in [-0.2, 0) is 4.74 Å². The molecule has 0 spiro atoms. The van der Waals surface area contributed by atoms with Crippen molar-refractivity contribution in [3.05, 3.63) is 12.8 Å². The van der Waals surface area contributed by atoms with Crippen LogP contribution in [0.1, 0.15) is 46.0 Å². The van der Waals surface area contributed by atoms with Gasteiger partial charge in [-0.25, -0.2) is 0 Å². The molecular formula is C12H25NO. The maximum Gasteiger partial charge on any atom is 0.103 e. The van der Waals surface area contributed by atoms with Crippen molar-refractivity contribution in [2.75, 3.05) is 13.2 Å². The van der Waals surface area contributed by atoms with E-state index >= 15 is 0 Å². The van der Waals surface area contributed by atoms with Crippen LogP contribution in [0.5, 0.6) is 0 Å². The normalized spacial score (nSPS) is 12.4. The molecule has 0 aliphatic rings. The third-order valence-electron chi connectivity index (χ3n) is 2.31. The summed E-state index contributed by atoms with van der Waals surface area (Å²) in [6.45, 7) is 9.69. The molecule has 14 heavy (non-hydrogen) atoms. The van der Waals surface area contributed by atoms with E-state index in [1.54, 1.807) is 0 Å². The smallest absolute Gasteiger partial charge is 0.103 e.